The van der Waals surface area contributed by atoms with E-state index in [0.29, 0.717) is 6.42 Å². The van der Waals surface area contributed by atoms with Gasteiger partial charge in [0.2, 0.25) is 5.91 Å². The van der Waals surface area contributed by atoms with Gasteiger partial charge in [-0.05, 0) is 38.7 Å². The third-order valence-electron chi connectivity index (χ3n) is 4.64. The van der Waals surface area contributed by atoms with E-state index in [9.17, 15) is 4.79 Å². The number of aromatic nitrogens is 3. The molecule has 1 aliphatic heterocycles. The quantitative estimate of drug-likeness (QED) is 0.838. The molecule has 0 unspecified atom stereocenters. The first-order valence-electron chi connectivity index (χ1n) is 9.02. The molecule has 3 rings (SSSR count). The largest absolute Gasteiger partial charge is 0.341 e. The molecule has 132 valence electrons. The van der Waals surface area contributed by atoms with Gasteiger partial charge in [-0.25, -0.2) is 9.67 Å². The van der Waals surface area contributed by atoms with E-state index in [1.165, 1.54) is 5.56 Å². The molecule has 1 fully saturated rings. The third kappa shape index (κ3) is 4.56. The summed E-state index contributed by atoms with van der Waals surface area (Å²) in [6.45, 7) is 5.48. The zero-order chi connectivity index (χ0) is 17.6. The molecule has 0 bridgehead atoms. The molecule has 1 amide bonds. The van der Waals surface area contributed by atoms with Crippen molar-refractivity contribution in [3.63, 3.8) is 0 Å². The summed E-state index contributed by atoms with van der Waals surface area (Å²) in [7, 11) is 0. The predicted octanol–water partition coefficient (Wildman–Crippen LogP) is 3.55. The van der Waals surface area contributed by atoms with E-state index in [1.54, 1.807) is 0 Å². The lowest BCUT2D eigenvalue weighted by Crippen LogP contribution is -2.41. The highest BCUT2D eigenvalue weighted by molar-refractivity contribution is 5.76. The molecule has 5 nitrogen and oxygen atoms in total. The molecular formula is C20H26N4O. The Hall–Kier alpha value is -2.43. The number of benzene rings is 1. The minimum Gasteiger partial charge on any atom is -0.341 e. The Morgan fingerprint density at radius 1 is 1.28 bits per heavy atom. The van der Waals surface area contributed by atoms with Crippen molar-refractivity contribution in [3.05, 3.63) is 53.6 Å². The number of hydrogen-bond acceptors (Lipinski definition) is 3. The molecule has 1 aliphatic rings. The highest BCUT2D eigenvalue weighted by Gasteiger charge is 2.26. The summed E-state index contributed by atoms with van der Waals surface area (Å²) in [4.78, 5) is 18.9. The maximum atomic E-state index is 12.5. The first kappa shape index (κ1) is 17.4. The Morgan fingerprint density at radius 2 is 2.08 bits per heavy atom. The lowest BCUT2D eigenvalue weighted by molar-refractivity contribution is -0.132. The molecule has 25 heavy (non-hydrogen) atoms. The fraction of sp³-hybridized carbons (Fsp3) is 0.450. The minimum absolute atomic E-state index is 0.233. The van der Waals surface area contributed by atoms with Crippen molar-refractivity contribution in [2.75, 3.05) is 13.1 Å². The van der Waals surface area contributed by atoms with Crippen LogP contribution in [-0.2, 0) is 4.79 Å². The summed E-state index contributed by atoms with van der Waals surface area (Å²) in [6.07, 6.45) is 7.57. The van der Waals surface area contributed by atoms with Crippen LogP contribution in [-0.4, -0.2) is 38.7 Å². The fourth-order valence-electron chi connectivity index (χ4n) is 3.41. The van der Waals surface area contributed by atoms with Gasteiger partial charge in [0, 0.05) is 19.5 Å². The number of allylic oxidation sites excluding steroid dienone is 1. The number of carbonyl (C=O) groups is 1. The van der Waals surface area contributed by atoms with Crippen molar-refractivity contribution in [1.29, 1.82) is 0 Å². The highest BCUT2D eigenvalue weighted by Crippen LogP contribution is 2.22. The molecule has 0 aliphatic carbocycles. The van der Waals surface area contributed by atoms with Crippen molar-refractivity contribution in [2.24, 2.45) is 0 Å². The Bertz CT molecular complexity index is 735. The first-order chi connectivity index (χ1) is 12.1. The van der Waals surface area contributed by atoms with E-state index >= 15 is 0 Å². The average Bonchev–Trinajstić information content (AvgIpc) is 2.98. The van der Waals surface area contributed by atoms with Crippen LogP contribution >= 0.6 is 0 Å². The van der Waals surface area contributed by atoms with Crippen LogP contribution < -0.4 is 0 Å². The van der Waals surface area contributed by atoms with Crippen LogP contribution in [0.25, 0.3) is 6.08 Å². The van der Waals surface area contributed by atoms with Crippen LogP contribution in [0.1, 0.15) is 48.9 Å². The Labute approximate surface area is 149 Å². The smallest absolute Gasteiger partial charge is 0.222 e. The van der Waals surface area contributed by atoms with E-state index < -0.39 is 0 Å². The predicted molar refractivity (Wildman–Crippen MR) is 99.1 cm³/mol. The van der Waals surface area contributed by atoms with E-state index in [1.807, 2.05) is 41.6 Å². The zero-order valence-electron chi connectivity index (χ0n) is 15.1. The minimum atomic E-state index is 0.233. The molecule has 5 heteroatoms. The van der Waals surface area contributed by atoms with Gasteiger partial charge in [0.05, 0.1) is 6.04 Å². The summed E-state index contributed by atoms with van der Waals surface area (Å²) >= 11 is 0. The van der Waals surface area contributed by atoms with Gasteiger partial charge < -0.3 is 4.90 Å². The van der Waals surface area contributed by atoms with Gasteiger partial charge in [-0.2, -0.15) is 5.10 Å². The SMILES string of the molecule is Cc1nc(C)n([C@@H]2CCCN(C(=O)CC/C=C/c3ccccc3)C2)n1. The monoisotopic (exact) mass is 338 g/mol. The Kier molecular flexibility index (Phi) is 5.64. The molecule has 0 radical (unpaired) electrons. The van der Waals surface area contributed by atoms with E-state index in [2.05, 4.69) is 34.4 Å². The van der Waals surface area contributed by atoms with Crippen molar-refractivity contribution < 1.29 is 4.79 Å². The Balaban J connectivity index is 1.52. The third-order valence-corrected chi connectivity index (χ3v) is 4.64. The van der Waals surface area contributed by atoms with Crippen molar-refractivity contribution in [2.45, 2.75) is 45.6 Å². The normalized spacial score (nSPS) is 18.0. The molecular weight excluding hydrogens is 312 g/mol. The van der Waals surface area contributed by atoms with Crippen LogP contribution in [0.5, 0.6) is 0 Å². The van der Waals surface area contributed by atoms with Crippen LogP contribution in [0.15, 0.2) is 36.4 Å². The zero-order valence-corrected chi connectivity index (χ0v) is 15.1. The number of aryl methyl sites for hydroxylation is 2. The number of piperidine rings is 1. The van der Waals surface area contributed by atoms with Gasteiger partial charge in [-0.15, -0.1) is 0 Å². The van der Waals surface area contributed by atoms with Crippen LogP contribution in [0.4, 0.5) is 0 Å². The summed E-state index contributed by atoms with van der Waals surface area (Å²) in [6, 6.07) is 10.4. The van der Waals surface area contributed by atoms with Gasteiger partial charge >= 0.3 is 0 Å². The van der Waals surface area contributed by atoms with Gasteiger partial charge in [0.25, 0.3) is 0 Å². The standard InChI is InChI=1S/C20H26N4O/c1-16-21-17(2)24(22-16)19-12-8-14-23(15-19)20(25)13-7-6-11-18-9-4-3-5-10-18/h3-6,9-11,19H,7-8,12-15H2,1-2H3/b11-6+/t19-/m1/s1. The molecule has 1 atom stereocenters. The maximum absolute atomic E-state index is 12.5. The van der Waals surface area contributed by atoms with Crippen LogP contribution in [0.3, 0.4) is 0 Å². The van der Waals surface area contributed by atoms with Crippen molar-refractivity contribution in [1.82, 2.24) is 19.7 Å². The molecule has 1 aromatic heterocycles. The number of rotatable bonds is 5. The summed E-state index contributed by atoms with van der Waals surface area (Å²) in [5.74, 6) is 1.96. The number of nitrogens with zero attached hydrogens (tertiary/aromatic N) is 4. The maximum Gasteiger partial charge on any atom is 0.222 e. The number of carbonyl (C=O) groups excluding carboxylic acids is 1. The summed E-state index contributed by atoms with van der Waals surface area (Å²) in [5, 5.41) is 4.49. The molecule has 2 aromatic rings. The lowest BCUT2D eigenvalue weighted by atomic mass is 10.0. The van der Waals surface area contributed by atoms with Crippen LogP contribution in [0, 0.1) is 13.8 Å². The lowest BCUT2D eigenvalue weighted by Gasteiger charge is -2.33. The van der Waals surface area contributed by atoms with Gasteiger partial charge in [0.15, 0.2) is 0 Å². The Morgan fingerprint density at radius 3 is 2.80 bits per heavy atom. The molecule has 0 N–H and O–H groups in total. The van der Waals surface area contributed by atoms with Gasteiger partial charge in [-0.1, -0.05) is 42.5 Å². The van der Waals surface area contributed by atoms with Gasteiger partial charge in [0.1, 0.15) is 11.6 Å². The fourth-order valence-corrected chi connectivity index (χ4v) is 3.41. The number of hydrogen-bond donors (Lipinski definition) is 0. The average molecular weight is 338 g/mol. The summed E-state index contributed by atoms with van der Waals surface area (Å²) in [5.41, 5.74) is 1.17. The van der Waals surface area contributed by atoms with Crippen molar-refractivity contribution in [3.8, 4) is 0 Å². The van der Waals surface area contributed by atoms with Crippen molar-refractivity contribution >= 4 is 12.0 Å². The number of likely N-dealkylation sites (tertiary alicyclic amines) is 1. The van der Waals surface area contributed by atoms with Gasteiger partial charge in [-0.3, -0.25) is 4.79 Å². The molecule has 1 aromatic carbocycles. The number of amides is 1. The van der Waals surface area contributed by atoms with E-state index in [4.69, 9.17) is 0 Å². The molecule has 1 saturated heterocycles. The molecule has 0 spiro atoms. The molecule has 2 heterocycles. The van der Waals surface area contributed by atoms with Crippen LogP contribution in [0.2, 0.25) is 0 Å². The highest BCUT2D eigenvalue weighted by atomic mass is 16.2. The summed E-state index contributed by atoms with van der Waals surface area (Å²) < 4.78 is 1.99. The molecule has 0 saturated carbocycles. The second-order valence-electron chi connectivity index (χ2n) is 6.64. The topological polar surface area (TPSA) is 51.0 Å². The second-order valence-corrected chi connectivity index (χ2v) is 6.64. The first-order valence-corrected chi connectivity index (χ1v) is 9.02. The van der Waals surface area contributed by atoms with E-state index in [-0.39, 0.29) is 11.9 Å². The van der Waals surface area contributed by atoms with E-state index in [0.717, 1.165) is 44.0 Å². The second kappa shape index (κ2) is 8.10.